The highest BCUT2D eigenvalue weighted by molar-refractivity contribution is 5.77. The second-order valence-corrected chi connectivity index (χ2v) is 5.05. The molecule has 0 aromatic rings. The van der Waals surface area contributed by atoms with Crippen LogP contribution in [0, 0.1) is 0 Å². The van der Waals surface area contributed by atoms with Crippen LogP contribution in [0.3, 0.4) is 0 Å². The number of nitrogens with one attached hydrogen (secondary N) is 2. The van der Waals surface area contributed by atoms with Gasteiger partial charge in [0, 0.05) is 13.2 Å². The van der Waals surface area contributed by atoms with Crippen LogP contribution in [0.15, 0.2) is 0 Å². The van der Waals surface area contributed by atoms with Crippen LogP contribution in [0.5, 0.6) is 0 Å². The molecular weight excluding hydrogens is 273 g/mol. The summed E-state index contributed by atoms with van der Waals surface area (Å²) in [6, 6.07) is 0. The fourth-order valence-corrected chi connectivity index (χ4v) is 2.16. The number of amides is 1. The molecule has 0 radical (unpaired) electrons. The zero-order valence-corrected chi connectivity index (χ0v) is 11.6. The second-order valence-electron chi connectivity index (χ2n) is 5.05. The molecule has 0 aliphatic heterocycles. The Balaban J connectivity index is 1.91. The summed E-state index contributed by atoms with van der Waals surface area (Å²) in [6.45, 7) is -0.450. The number of alkyl halides is 3. The van der Waals surface area contributed by atoms with Crippen molar-refractivity contribution in [3.63, 3.8) is 0 Å². The molecular formula is C13H23F3N2O2. The van der Waals surface area contributed by atoms with Crippen molar-refractivity contribution < 1.29 is 22.7 Å². The Kier molecular flexibility index (Phi) is 7.91. The van der Waals surface area contributed by atoms with E-state index in [1.54, 1.807) is 0 Å². The lowest BCUT2D eigenvalue weighted by atomic mass is 9.98. The molecule has 1 saturated carbocycles. The minimum atomic E-state index is -4.28. The molecule has 0 heterocycles. The molecule has 0 unspecified atom stereocenters. The monoisotopic (exact) mass is 296 g/mol. The lowest BCUT2D eigenvalue weighted by Crippen LogP contribution is -2.38. The van der Waals surface area contributed by atoms with E-state index in [0.29, 0.717) is 25.7 Å². The number of carbonyl (C=O) groups is 1. The van der Waals surface area contributed by atoms with E-state index in [1.165, 1.54) is 19.3 Å². The summed E-state index contributed by atoms with van der Waals surface area (Å²) in [5.41, 5.74) is 0. The first-order chi connectivity index (χ1) is 9.47. The van der Waals surface area contributed by atoms with Crippen LogP contribution in [-0.4, -0.2) is 44.4 Å². The topological polar surface area (TPSA) is 50.4 Å². The Bertz CT molecular complexity index is 279. The average Bonchev–Trinajstić information content (AvgIpc) is 2.38. The molecule has 7 heteroatoms. The van der Waals surface area contributed by atoms with Gasteiger partial charge in [0.2, 0.25) is 5.91 Å². The Morgan fingerprint density at radius 1 is 1.20 bits per heavy atom. The smallest absolute Gasteiger partial charge is 0.378 e. The summed E-state index contributed by atoms with van der Waals surface area (Å²) in [4.78, 5) is 11.2. The van der Waals surface area contributed by atoms with Gasteiger partial charge in [0.1, 0.15) is 0 Å². The van der Waals surface area contributed by atoms with Crippen LogP contribution in [-0.2, 0) is 9.53 Å². The van der Waals surface area contributed by atoms with E-state index >= 15 is 0 Å². The van der Waals surface area contributed by atoms with Crippen molar-refractivity contribution in [1.29, 1.82) is 0 Å². The van der Waals surface area contributed by atoms with Crippen molar-refractivity contribution in [2.45, 2.75) is 50.8 Å². The third-order valence-corrected chi connectivity index (χ3v) is 3.16. The Morgan fingerprint density at radius 2 is 1.90 bits per heavy atom. The maximum atomic E-state index is 11.8. The Hall–Kier alpha value is -0.820. The number of halogens is 3. The number of carbonyl (C=O) groups excluding carboxylic acids is 1. The number of hydrogen-bond donors (Lipinski definition) is 2. The van der Waals surface area contributed by atoms with Gasteiger partial charge in [0.25, 0.3) is 0 Å². The fraction of sp³-hybridized carbons (Fsp3) is 0.923. The van der Waals surface area contributed by atoms with E-state index < -0.39 is 18.6 Å². The van der Waals surface area contributed by atoms with Gasteiger partial charge in [-0.1, -0.05) is 19.3 Å². The predicted octanol–water partition coefficient (Wildman–Crippen LogP) is 1.99. The summed E-state index contributed by atoms with van der Waals surface area (Å²) < 4.78 is 41.1. The third-order valence-electron chi connectivity index (χ3n) is 3.16. The molecule has 1 fully saturated rings. The zero-order chi connectivity index (χ0) is 14.8. The lowest BCUT2D eigenvalue weighted by molar-refractivity contribution is -0.128. The molecule has 0 bridgehead atoms. The van der Waals surface area contributed by atoms with Gasteiger partial charge in [-0.3, -0.25) is 4.79 Å². The minimum Gasteiger partial charge on any atom is -0.378 e. The van der Waals surface area contributed by atoms with Crippen LogP contribution >= 0.6 is 0 Å². The van der Waals surface area contributed by atoms with E-state index in [4.69, 9.17) is 4.74 Å². The van der Waals surface area contributed by atoms with Crippen LogP contribution in [0.1, 0.15) is 38.5 Å². The number of rotatable bonds is 8. The fourth-order valence-electron chi connectivity index (χ4n) is 2.16. The summed E-state index contributed by atoms with van der Waals surface area (Å²) in [5, 5.41) is 4.61. The van der Waals surface area contributed by atoms with Crippen molar-refractivity contribution >= 4 is 5.91 Å². The normalized spacial score (nSPS) is 17.1. The van der Waals surface area contributed by atoms with Crippen molar-refractivity contribution in [2.75, 3.05) is 26.2 Å². The Morgan fingerprint density at radius 3 is 2.55 bits per heavy atom. The third kappa shape index (κ3) is 9.14. The quantitative estimate of drug-likeness (QED) is 0.674. The van der Waals surface area contributed by atoms with E-state index in [2.05, 4.69) is 5.32 Å². The summed E-state index contributed by atoms with van der Waals surface area (Å²) in [6.07, 6.45) is 2.66. The highest BCUT2D eigenvalue weighted by atomic mass is 19.4. The molecule has 1 aliphatic rings. The van der Waals surface area contributed by atoms with Crippen molar-refractivity contribution in [3.8, 4) is 0 Å². The van der Waals surface area contributed by atoms with Gasteiger partial charge >= 0.3 is 6.18 Å². The van der Waals surface area contributed by atoms with Gasteiger partial charge < -0.3 is 15.4 Å². The zero-order valence-electron chi connectivity index (χ0n) is 11.6. The molecule has 1 amide bonds. The first-order valence-corrected chi connectivity index (χ1v) is 7.13. The van der Waals surface area contributed by atoms with E-state index in [0.717, 1.165) is 12.8 Å². The van der Waals surface area contributed by atoms with Crippen molar-refractivity contribution in [1.82, 2.24) is 10.6 Å². The minimum absolute atomic E-state index is 0.316. The standard InChI is InChI=1S/C13H23F3N2O2/c14-13(15,16)10-17-9-12(19)18-7-4-8-20-11-5-2-1-3-6-11/h11,17H,1-10H2,(H,18,19). The van der Waals surface area contributed by atoms with Crippen LogP contribution in [0.25, 0.3) is 0 Å². The van der Waals surface area contributed by atoms with E-state index in [-0.39, 0.29) is 6.54 Å². The Labute approximate surface area is 117 Å². The SMILES string of the molecule is O=C(CNCC(F)(F)F)NCCCOC1CCCCC1. The van der Waals surface area contributed by atoms with Crippen LogP contribution < -0.4 is 10.6 Å². The van der Waals surface area contributed by atoms with Gasteiger partial charge in [0.15, 0.2) is 0 Å². The van der Waals surface area contributed by atoms with Gasteiger partial charge in [0.05, 0.1) is 19.2 Å². The summed E-state index contributed by atoms with van der Waals surface area (Å²) >= 11 is 0. The first-order valence-electron chi connectivity index (χ1n) is 7.13. The molecule has 20 heavy (non-hydrogen) atoms. The number of hydrogen-bond acceptors (Lipinski definition) is 3. The van der Waals surface area contributed by atoms with Crippen molar-refractivity contribution in [2.24, 2.45) is 0 Å². The van der Waals surface area contributed by atoms with Gasteiger partial charge in [-0.05, 0) is 19.3 Å². The predicted molar refractivity (Wildman–Crippen MR) is 69.4 cm³/mol. The molecule has 1 aliphatic carbocycles. The van der Waals surface area contributed by atoms with Gasteiger partial charge in [-0.15, -0.1) is 0 Å². The maximum absolute atomic E-state index is 11.8. The first kappa shape index (κ1) is 17.2. The lowest BCUT2D eigenvalue weighted by Gasteiger charge is -2.21. The largest absolute Gasteiger partial charge is 0.401 e. The molecule has 1 rings (SSSR count). The molecule has 0 spiro atoms. The van der Waals surface area contributed by atoms with Gasteiger partial charge in [-0.2, -0.15) is 13.2 Å². The molecule has 0 atom stereocenters. The molecule has 2 N–H and O–H groups in total. The van der Waals surface area contributed by atoms with Crippen molar-refractivity contribution in [3.05, 3.63) is 0 Å². The second kappa shape index (κ2) is 9.18. The summed E-state index contributed by atoms with van der Waals surface area (Å²) in [5.74, 6) is -0.424. The molecule has 0 saturated heterocycles. The van der Waals surface area contributed by atoms with Crippen LogP contribution in [0.4, 0.5) is 13.2 Å². The van der Waals surface area contributed by atoms with E-state index in [9.17, 15) is 18.0 Å². The summed E-state index contributed by atoms with van der Waals surface area (Å²) in [7, 11) is 0. The van der Waals surface area contributed by atoms with Crippen LogP contribution in [0.2, 0.25) is 0 Å². The molecule has 0 aromatic carbocycles. The highest BCUT2D eigenvalue weighted by Crippen LogP contribution is 2.20. The molecule has 4 nitrogen and oxygen atoms in total. The molecule has 118 valence electrons. The average molecular weight is 296 g/mol. The molecule has 0 aromatic heterocycles. The maximum Gasteiger partial charge on any atom is 0.401 e. The van der Waals surface area contributed by atoms with Gasteiger partial charge in [-0.25, -0.2) is 0 Å². The number of ether oxygens (including phenoxy) is 1. The van der Waals surface area contributed by atoms with E-state index in [1.807, 2.05) is 5.32 Å². The highest BCUT2D eigenvalue weighted by Gasteiger charge is 2.26.